The van der Waals surface area contributed by atoms with Crippen molar-refractivity contribution in [3.05, 3.63) is 65.4 Å². The highest BCUT2D eigenvalue weighted by molar-refractivity contribution is 5.91. The average molecular weight is 371 g/mol. The molecule has 1 heterocycles. The van der Waals surface area contributed by atoms with Crippen LogP contribution in [0.25, 0.3) is 17.3 Å². The van der Waals surface area contributed by atoms with E-state index in [4.69, 9.17) is 15.2 Å². The predicted octanol–water partition coefficient (Wildman–Crippen LogP) is 3.41. The zero-order chi connectivity index (χ0) is 20.1. The number of methoxy groups -OCH3 is 2. The molecule has 2 N–H and O–H groups in total. The molecule has 7 nitrogen and oxygen atoms in total. The number of rotatable bonds is 5. The van der Waals surface area contributed by atoms with Crippen LogP contribution in [-0.2, 0) is 0 Å². The maximum absolute atomic E-state index is 9.69. The maximum atomic E-state index is 9.69. The number of ether oxygens (including phenoxy) is 2. The molecular formula is C21H17N5O2. The second-order valence-corrected chi connectivity index (χ2v) is 5.75. The zero-order valence-corrected chi connectivity index (χ0v) is 15.4. The topological polar surface area (TPSA) is 110 Å². The van der Waals surface area contributed by atoms with E-state index >= 15 is 0 Å². The minimum absolute atomic E-state index is 0.150. The number of para-hydroxylation sites is 1. The number of anilines is 1. The van der Waals surface area contributed by atoms with Crippen LogP contribution in [0.2, 0.25) is 0 Å². The summed E-state index contributed by atoms with van der Waals surface area (Å²) < 4.78 is 12.0. The molecule has 0 fully saturated rings. The monoisotopic (exact) mass is 371 g/mol. The van der Waals surface area contributed by atoms with Gasteiger partial charge in [0.25, 0.3) is 0 Å². The molecule has 0 amide bonds. The number of aromatic nitrogens is 2. The number of nitriles is 2. The molecule has 1 aromatic heterocycles. The Bertz CT molecular complexity index is 1120. The van der Waals surface area contributed by atoms with Crippen molar-refractivity contribution in [2.75, 3.05) is 20.0 Å². The number of benzene rings is 2. The van der Waals surface area contributed by atoms with Gasteiger partial charge in [0.1, 0.15) is 29.2 Å². The molecule has 3 aromatic rings. The maximum Gasteiger partial charge on any atom is 0.161 e. The van der Waals surface area contributed by atoms with Gasteiger partial charge in [0.15, 0.2) is 11.5 Å². The van der Waals surface area contributed by atoms with Gasteiger partial charge in [-0.15, -0.1) is 0 Å². The number of hydrogen-bond acceptors (Lipinski definition) is 6. The van der Waals surface area contributed by atoms with Crippen molar-refractivity contribution < 1.29 is 9.47 Å². The summed E-state index contributed by atoms with van der Waals surface area (Å²) in [5, 5.41) is 23.7. The predicted molar refractivity (Wildman–Crippen MR) is 106 cm³/mol. The van der Waals surface area contributed by atoms with Gasteiger partial charge >= 0.3 is 0 Å². The molecule has 28 heavy (non-hydrogen) atoms. The van der Waals surface area contributed by atoms with E-state index in [1.165, 1.54) is 11.8 Å². The van der Waals surface area contributed by atoms with E-state index in [0.717, 1.165) is 0 Å². The molecule has 0 saturated carbocycles. The third-order valence-electron chi connectivity index (χ3n) is 4.13. The molecule has 0 aliphatic heterocycles. The van der Waals surface area contributed by atoms with E-state index in [1.54, 1.807) is 31.4 Å². The van der Waals surface area contributed by atoms with Crippen LogP contribution in [0.1, 0.15) is 16.8 Å². The van der Waals surface area contributed by atoms with Crippen molar-refractivity contribution in [3.8, 4) is 29.3 Å². The van der Waals surface area contributed by atoms with Gasteiger partial charge in [-0.05, 0) is 35.9 Å². The van der Waals surface area contributed by atoms with Crippen LogP contribution in [0.15, 0.2) is 48.5 Å². The lowest BCUT2D eigenvalue weighted by atomic mass is 10.1. The summed E-state index contributed by atoms with van der Waals surface area (Å²) in [7, 11) is 3.08. The lowest BCUT2D eigenvalue weighted by Gasteiger charge is -2.07. The van der Waals surface area contributed by atoms with Crippen LogP contribution in [0.3, 0.4) is 0 Å². The SMILES string of the molecule is COc1ccc(C=C(C#N)c2nn(-c3ccccc3)c(N)c2C#N)cc1OC. The van der Waals surface area contributed by atoms with Gasteiger partial charge in [0.05, 0.1) is 25.5 Å². The fraction of sp³-hybridized carbons (Fsp3) is 0.0952. The number of nitrogen functional groups attached to an aromatic ring is 1. The van der Waals surface area contributed by atoms with E-state index in [1.807, 2.05) is 30.3 Å². The minimum Gasteiger partial charge on any atom is -0.493 e. The molecule has 0 saturated heterocycles. The normalized spacial score (nSPS) is 10.8. The van der Waals surface area contributed by atoms with E-state index in [-0.39, 0.29) is 22.6 Å². The summed E-state index contributed by atoms with van der Waals surface area (Å²) in [5.41, 5.74) is 8.11. The molecule has 0 unspecified atom stereocenters. The first kappa shape index (κ1) is 18.6. The van der Waals surface area contributed by atoms with Crippen molar-refractivity contribution in [1.29, 1.82) is 10.5 Å². The van der Waals surface area contributed by atoms with E-state index in [2.05, 4.69) is 17.2 Å². The quantitative estimate of drug-likeness (QED) is 0.688. The van der Waals surface area contributed by atoms with Gasteiger partial charge in [0, 0.05) is 0 Å². The van der Waals surface area contributed by atoms with Gasteiger partial charge in [-0.25, -0.2) is 4.68 Å². The molecule has 7 heteroatoms. The molecular weight excluding hydrogens is 354 g/mol. The van der Waals surface area contributed by atoms with Crippen LogP contribution in [0, 0.1) is 22.7 Å². The van der Waals surface area contributed by atoms with Gasteiger partial charge in [-0.2, -0.15) is 15.6 Å². The highest BCUT2D eigenvalue weighted by Crippen LogP contribution is 2.31. The average Bonchev–Trinajstić information content (AvgIpc) is 3.08. The first-order valence-corrected chi connectivity index (χ1v) is 8.31. The highest BCUT2D eigenvalue weighted by Gasteiger charge is 2.20. The second-order valence-electron chi connectivity index (χ2n) is 5.75. The highest BCUT2D eigenvalue weighted by atomic mass is 16.5. The minimum atomic E-state index is 0.150. The summed E-state index contributed by atoms with van der Waals surface area (Å²) in [5.74, 6) is 1.29. The molecule has 138 valence electrons. The summed E-state index contributed by atoms with van der Waals surface area (Å²) in [4.78, 5) is 0. The van der Waals surface area contributed by atoms with E-state index in [9.17, 15) is 10.5 Å². The molecule has 0 bridgehead atoms. The van der Waals surface area contributed by atoms with E-state index < -0.39 is 0 Å². The van der Waals surface area contributed by atoms with Crippen LogP contribution >= 0.6 is 0 Å². The molecule has 3 rings (SSSR count). The van der Waals surface area contributed by atoms with E-state index in [0.29, 0.717) is 22.7 Å². The molecule has 2 aromatic carbocycles. The van der Waals surface area contributed by atoms with Crippen LogP contribution in [-0.4, -0.2) is 24.0 Å². The van der Waals surface area contributed by atoms with Crippen LogP contribution < -0.4 is 15.2 Å². The lowest BCUT2D eigenvalue weighted by molar-refractivity contribution is 0.355. The lowest BCUT2D eigenvalue weighted by Crippen LogP contribution is -2.02. The Morgan fingerprint density at radius 3 is 2.39 bits per heavy atom. The summed E-state index contributed by atoms with van der Waals surface area (Å²) in [6.45, 7) is 0. The van der Waals surface area contributed by atoms with Gasteiger partial charge < -0.3 is 15.2 Å². The zero-order valence-electron chi connectivity index (χ0n) is 15.4. The molecule has 0 atom stereocenters. The standard InChI is InChI=1S/C21H17N5O2/c1-27-18-9-8-14(11-19(18)28-2)10-15(12-22)20-17(13-23)21(24)26(25-20)16-6-4-3-5-7-16/h3-11H,24H2,1-2H3. The molecule has 0 spiro atoms. The number of nitrogens with two attached hydrogens (primary N) is 1. The first-order chi connectivity index (χ1) is 13.6. The summed E-state index contributed by atoms with van der Waals surface area (Å²) in [6, 6.07) is 18.6. The second kappa shape index (κ2) is 7.98. The van der Waals surface area contributed by atoms with Crippen LogP contribution in [0.4, 0.5) is 5.82 Å². The Hall–Kier alpha value is -4.23. The first-order valence-electron chi connectivity index (χ1n) is 8.31. The number of hydrogen-bond donors (Lipinski definition) is 1. The smallest absolute Gasteiger partial charge is 0.161 e. The Labute approximate surface area is 162 Å². The fourth-order valence-corrected chi connectivity index (χ4v) is 2.76. The summed E-state index contributed by atoms with van der Waals surface area (Å²) >= 11 is 0. The Morgan fingerprint density at radius 2 is 1.79 bits per heavy atom. The largest absolute Gasteiger partial charge is 0.493 e. The van der Waals surface area contributed by atoms with Crippen molar-refractivity contribution >= 4 is 17.5 Å². The molecule has 0 aliphatic carbocycles. The van der Waals surface area contributed by atoms with Gasteiger partial charge in [-0.3, -0.25) is 0 Å². The Kier molecular flexibility index (Phi) is 5.29. The number of allylic oxidation sites excluding steroid dienone is 1. The van der Waals surface area contributed by atoms with Crippen molar-refractivity contribution in [2.24, 2.45) is 0 Å². The Balaban J connectivity index is 2.12. The molecule has 0 aliphatic rings. The van der Waals surface area contributed by atoms with Gasteiger partial charge in [-0.1, -0.05) is 24.3 Å². The van der Waals surface area contributed by atoms with Gasteiger partial charge in [0.2, 0.25) is 0 Å². The number of nitrogens with zero attached hydrogens (tertiary/aromatic N) is 4. The third kappa shape index (κ3) is 3.37. The van der Waals surface area contributed by atoms with Crippen LogP contribution in [0.5, 0.6) is 11.5 Å². The van der Waals surface area contributed by atoms with Crippen molar-refractivity contribution in [1.82, 2.24) is 9.78 Å². The summed E-state index contributed by atoms with van der Waals surface area (Å²) in [6.07, 6.45) is 1.62. The fourth-order valence-electron chi connectivity index (χ4n) is 2.76. The van der Waals surface area contributed by atoms with Crippen molar-refractivity contribution in [2.45, 2.75) is 0 Å². The molecule has 0 radical (unpaired) electrons. The third-order valence-corrected chi connectivity index (χ3v) is 4.13. The Morgan fingerprint density at radius 1 is 1.07 bits per heavy atom. The van der Waals surface area contributed by atoms with Crippen molar-refractivity contribution in [3.63, 3.8) is 0 Å².